The van der Waals surface area contributed by atoms with Crippen molar-refractivity contribution in [2.75, 3.05) is 20.6 Å². The third-order valence-electron chi connectivity index (χ3n) is 4.10. The van der Waals surface area contributed by atoms with Crippen LogP contribution in [0.5, 0.6) is 0 Å². The van der Waals surface area contributed by atoms with Crippen LogP contribution in [0.4, 0.5) is 0 Å². The molecule has 4 heteroatoms. The number of hydrogen-bond acceptors (Lipinski definition) is 3. The minimum atomic E-state index is -0.363. The molecule has 0 heterocycles. The van der Waals surface area contributed by atoms with E-state index in [0.717, 1.165) is 6.54 Å². The Labute approximate surface area is 105 Å². The van der Waals surface area contributed by atoms with Crippen molar-refractivity contribution < 1.29 is 4.79 Å². The highest BCUT2D eigenvalue weighted by Gasteiger charge is 2.34. The fraction of sp³-hybridized carbons (Fsp3) is 0.923. The average Bonchev–Trinajstić information content (AvgIpc) is 2.35. The molecule has 4 nitrogen and oxygen atoms in total. The smallest absolute Gasteiger partial charge is 0.236 e. The summed E-state index contributed by atoms with van der Waals surface area (Å²) in [6.07, 6.45) is 6.86. The normalized spacial score (nSPS) is 21.2. The van der Waals surface area contributed by atoms with E-state index in [-0.39, 0.29) is 17.5 Å². The lowest BCUT2D eigenvalue weighted by molar-refractivity contribution is -0.123. The number of nitrogens with two attached hydrogens (primary N) is 1. The Morgan fingerprint density at radius 3 is 2.41 bits per heavy atom. The van der Waals surface area contributed by atoms with Gasteiger partial charge in [-0.3, -0.25) is 4.79 Å². The monoisotopic (exact) mass is 241 g/mol. The first-order chi connectivity index (χ1) is 8.02. The minimum Gasteiger partial charge on any atom is -0.353 e. The number of hydrogen-bond donors (Lipinski definition) is 2. The fourth-order valence-corrected chi connectivity index (χ4v) is 2.56. The van der Waals surface area contributed by atoms with Gasteiger partial charge in [0.25, 0.3) is 0 Å². The largest absolute Gasteiger partial charge is 0.353 e. The molecule has 1 fully saturated rings. The number of nitrogens with zero attached hydrogens (tertiary/aromatic N) is 1. The topological polar surface area (TPSA) is 58.4 Å². The maximum atomic E-state index is 11.7. The van der Waals surface area contributed by atoms with E-state index >= 15 is 0 Å². The number of likely N-dealkylation sites (N-methyl/N-ethyl adjacent to an activating group) is 1. The molecule has 0 aromatic carbocycles. The van der Waals surface area contributed by atoms with Crippen LogP contribution in [0.1, 0.15) is 45.4 Å². The lowest BCUT2D eigenvalue weighted by atomic mass is 9.80. The summed E-state index contributed by atoms with van der Waals surface area (Å²) in [5.41, 5.74) is 5.87. The van der Waals surface area contributed by atoms with Gasteiger partial charge in [-0.2, -0.15) is 0 Å². The van der Waals surface area contributed by atoms with Gasteiger partial charge in [0.2, 0.25) is 5.91 Å². The molecule has 1 aliphatic carbocycles. The lowest BCUT2D eigenvalue weighted by Crippen LogP contribution is -2.55. The Morgan fingerprint density at radius 1 is 1.35 bits per heavy atom. The summed E-state index contributed by atoms with van der Waals surface area (Å²) in [6, 6.07) is -0.363. The second kappa shape index (κ2) is 6.36. The Bertz CT molecular complexity index is 247. The highest BCUT2D eigenvalue weighted by molar-refractivity contribution is 5.81. The van der Waals surface area contributed by atoms with E-state index in [1.54, 1.807) is 0 Å². The van der Waals surface area contributed by atoms with E-state index in [0.29, 0.717) is 6.42 Å². The maximum absolute atomic E-state index is 11.7. The first-order valence-corrected chi connectivity index (χ1v) is 6.72. The molecule has 1 atom stereocenters. The van der Waals surface area contributed by atoms with E-state index in [4.69, 9.17) is 5.73 Å². The van der Waals surface area contributed by atoms with E-state index < -0.39 is 0 Å². The van der Waals surface area contributed by atoms with Crippen LogP contribution in [0.25, 0.3) is 0 Å². The van der Waals surface area contributed by atoms with Crippen LogP contribution in [-0.4, -0.2) is 43.0 Å². The van der Waals surface area contributed by atoms with E-state index in [1.165, 1.54) is 32.1 Å². The molecule has 1 rings (SSSR count). The molecule has 0 unspecified atom stereocenters. The first-order valence-electron chi connectivity index (χ1n) is 6.72. The van der Waals surface area contributed by atoms with Crippen molar-refractivity contribution in [3.8, 4) is 0 Å². The molecule has 0 spiro atoms. The van der Waals surface area contributed by atoms with Crippen LogP contribution in [-0.2, 0) is 4.79 Å². The molecule has 0 radical (unpaired) electrons. The third-order valence-corrected chi connectivity index (χ3v) is 4.10. The predicted molar refractivity (Wildman–Crippen MR) is 70.8 cm³/mol. The number of nitrogens with one attached hydrogen (secondary N) is 1. The Hall–Kier alpha value is -0.610. The molecule has 0 aromatic heterocycles. The summed E-state index contributed by atoms with van der Waals surface area (Å²) in [6.45, 7) is 2.67. The predicted octanol–water partition coefficient (Wildman–Crippen LogP) is 1.10. The van der Waals surface area contributed by atoms with E-state index in [9.17, 15) is 4.79 Å². The highest BCUT2D eigenvalue weighted by Crippen LogP contribution is 2.31. The van der Waals surface area contributed by atoms with Crippen molar-refractivity contribution in [2.45, 2.75) is 57.0 Å². The number of amides is 1. The summed E-state index contributed by atoms with van der Waals surface area (Å²) in [7, 11) is 4.22. The van der Waals surface area contributed by atoms with Gasteiger partial charge in [-0.1, -0.05) is 26.2 Å². The zero-order chi connectivity index (χ0) is 12.9. The lowest BCUT2D eigenvalue weighted by Gasteiger charge is -2.43. The van der Waals surface area contributed by atoms with Gasteiger partial charge < -0.3 is 16.0 Å². The van der Waals surface area contributed by atoms with Crippen molar-refractivity contribution in [1.82, 2.24) is 10.2 Å². The standard InChI is InChI=1S/C13H27N3O/c1-4-11(14)12(17)15-10-13(16(2)3)8-6-5-7-9-13/h11H,4-10,14H2,1-3H3,(H,15,17)/t11-/m0/s1. The second-order valence-electron chi connectivity index (χ2n) is 5.41. The quantitative estimate of drug-likeness (QED) is 0.758. The Balaban J connectivity index is 2.53. The summed E-state index contributed by atoms with van der Waals surface area (Å²) in [4.78, 5) is 14.0. The van der Waals surface area contributed by atoms with Crippen LogP contribution in [0, 0.1) is 0 Å². The summed E-state index contributed by atoms with van der Waals surface area (Å²) in [5, 5.41) is 3.02. The SMILES string of the molecule is CC[C@H](N)C(=O)NCC1(N(C)C)CCCCC1. The van der Waals surface area contributed by atoms with Crippen LogP contribution >= 0.6 is 0 Å². The van der Waals surface area contributed by atoms with Crippen molar-refractivity contribution in [1.29, 1.82) is 0 Å². The van der Waals surface area contributed by atoms with Crippen LogP contribution in [0.2, 0.25) is 0 Å². The van der Waals surface area contributed by atoms with E-state index in [1.807, 2.05) is 6.92 Å². The van der Waals surface area contributed by atoms with Gasteiger partial charge >= 0.3 is 0 Å². The molecule has 1 amide bonds. The first kappa shape index (κ1) is 14.5. The van der Waals surface area contributed by atoms with E-state index in [2.05, 4.69) is 24.3 Å². The molecular weight excluding hydrogens is 214 g/mol. The van der Waals surface area contributed by atoms with Gasteiger partial charge in [-0.05, 0) is 33.4 Å². The van der Waals surface area contributed by atoms with Gasteiger partial charge in [0.15, 0.2) is 0 Å². The molecular formula is C13H27N3O. The molecule has 1 aliphatic rings. The zero-order valence-electron chi connectivity index (χ0n) is 11.5. The van der Waals surface area contributed by atoms with Crippen LogP contribution < -0.4 is 11.1 Å². The fourth-order valence-electron chi connectivity index (χ4n) is 2.56. The minimum absolute atomic E-state index is 0.0145. The molecule has 0 aliphatic heterocycles. The van der Waals surface area contributed by atoms with Crippen molar-refractivity contribution >= 4 is 5.91 Å². The highest BCUT2D eigenvalue weighted by atomic mass is 16.2. The number of carbonyl (C=O) groups is 1. The summed E-state index contributed by atoms with van der Waals surface area (Å²) >= 11 is 0. The molecule has 0 aromatic rings. The van der Waals surface area contributed by atoms with Gasteiger partial charge in [0.05, 0.1) is 6.04 Å². The van der Waals surface area contributed by atoms with Crippen molar-refractivity contribution in [3.05, 3.63) is 0 Å². The third kappa shape index (κ3) is 3.68. The summed E-state index contributed by atoms with van der Waals surface area (Å²) in [5.74, 6) is -0.0145. The van der Waals surface area contributed by atoms with Crippen LogP contribution in [0.3, 0.4) is 0 Å². The average molecular weight is 241 g/mol. The van der Waals surface area contributed by atoms with Gasteiger partial charge in [-0.25, -0.2) is 0 Å². The molecule has 17 heavy (non-hydrogen) atoms. The van der Waals surface area contributed by atoms with Crippen molar-refractivity contribution in [3.63, 3.8) is 0 Å². The number of rotatable bonds is 5. The molecule has 3 N–H and O–H groups in total. The Morgan fingerprint density at radius 2 is 1.94 bits per heavy atom. The second-order valence-corrected chi connectivity index (χ2v) is 5.41. The summed E-state index contributed by atoms with van der Waals surface area (Å²) < 4.78 is 0. The maximum Gasteiger partial charge on any atom is 0.236 e. The van der Waals surface area contributed by atoms with Gasteiger partial charge in [-0.15, -0.1) is 0 Å². The molecule has 100 valence electrons. The van der Waals surface area contributed by atoms with Crippen LogP contribution in [0.15, 0.2) is 0 Å². The zero-order valence-corrected chi connectivity index (χ0v) is 11.5. The molecule has 0 bridgehead atoms. The van der Waals surface area contributed by atoms with Gasteiger partial charge in [0, 0.05) is 12.1 Å². The van der Waals surface area contributed by atoms with Crippen molar-refractivity contribution in [2.24, 2.45) is 5.73 Å². The number of carbonyl (C=O) groups excluding carboxylic acids is 1. The molecule has 1 saturated carbocycles. The van der Waals surface area contributed by atoms with Gasteiger partial charge in [0.1, 0.15) is 0 Å². The molecule has 0 saturated heterocycles. The Kier molecular flexibility index (Phi) is 5.40.